The van der Waals surface area contributed by atoms with Crippen LogP contribution in [-0.2, 0) is 16.1 Å². The van der Waals surface area contributed by atoms with Gasteiger partial charge in [0.05, 0.1) is 0 Å². The summed E-state index contributed by atoms with van der Waals surface area (Å²) in [4.78, 5) is 18.1. The van der Waals surface area contributed by atoms with Crippen molar-refractivity contribution in [3.8, 4) is 0 Å². The molecule has 0 aliphatic heterocycles. The number of methoxy groups -OCH3 is 1. The second-order valence-corrected chi connectivity index (χ2v) is 4.44. The molecule has 1 unspecified atom stereocenters. The third-order valence-electron chi connectivity index (χ3n) is 3.05. The van der Waals surface area contributed by atoms with Gasteiger partial charge in [-0.2, -0.15) is 0 Å². The lowest BCUT2D eigenvalue weighted by atomic mass is 10.2. The number of carbonyl (C=O) groups excluding carboxylic acids is 1. The maximum atomic E-state index is 12.1. The molecule has 1 aromatic rings. The number of aromatic nitrogens is 1. The van der Waals surface area contributed by atoms with Crippen LogP contribution in [0.2, 0.25) is 0 Å². The first-order valence-corrected chi connectivity index (χ1v) is 5.94. The van der Waals surface area contributed by atoms with Gasteiger partial charge in [0.25, 0.3) is 5.91 Å². The van der Waals surface area contributed by atoms with Crippen molar-refractivity contribution >= 4 is 5.91 Å². The van der Waals surface area contributed by atoms with Crippen molar-refractivity contribution < 1.29 is 9.53 Å². The molecule has 0 N–H and O–H groups in total. The Kier molecular flexibility index (Phi) is 3.74. The fourth-order valence-corrected chi connectivity index (χ4v) is 1.80. The molecule has 1 atom stereocenters. The maximum absolute atomic E-state index is 12.1. The number of amides is 1. The molecule has 1 amide bonds. The SMILES string of the molecule is COC(C)C(=O)N(Cc1cccnc1)C1CC1. The molecule has 2 rings (SSSR count). The van der Waals surface area contributed by atoms with Crippen LogP contribution in [0.5, 0.6) is 0 Å². The molecule has 1 saturated carbocycles. The average Bonchev–Trinajstić information content (AvgIpc) is 3.19. The van der Waals surface area contributed by atoms with E-state index in [4.69, 9.17) is 4.74 Å². The number of ether oxygens (including phenoxy) is 1. The van der Waals surface area contributed by atoms with Gasteiger partial charge in [0.1, 0.15) is 6.10 Å². The zero-order chi connectivity index (χ0) is 12.3. The molecule has 0 bridgehead atoms. The molecule has 1 fully saturated rings. The molecule has 17 heavy (non-hydrogen) atoms. The molecule has 4 heteroatoms. The van der Waals surface area contributed by atoms with Crippen molar-refractivity contribution in [1.29, 1.82) is 0 Å². The van der Waals surface area contributed by atoms with E-state index in [2.05, 4.69) is 4.98 Å². The van der Waals surface area contributed by atoms with Crippen LogP contribution in [0, 0.1) is 0 Å². The average molecular weight is 234 g/mol. The highest BCUT2D eigenvalue weighted by molar-refractivity contribution is 5.81. The Morgan fingerprint density at radius 3 is 2.94 bits per heavy atom. The van der Waals surface area contributed by atoms with Gasteiger partial charge in [0, 0.05) is 32.1 Å². The van der Waals surface area contributed by atoms with E-state index < -0.39 is 0 Å². The zero-order valence-electron chi connectivity index (χ0n) is 10.3. The Balaban J connectivity index is 2.05. The van der Waals surface area contributed by atoms with Gasteiger partial charge in [-0.1, -0.05) is 6.07 Å². The lowest BCUT2D eigenvalue weighted by Gasteiger charge is -2.25. The highest BCUT2D eigenvalue weighted by Gasteiger charge is 2.34. The van der Waals surface area contributed by atoms with Gasteiger partial charge in [-0.05, 0) is 31.4 Å². The molecule has 0 radical (unpaired) electrons. The smallest absolute Gasteiger partial charge is 0.251 e. The van der Waals surface area contributed by atoms with Crippen molar-refractivity contribution in [1.82, 2.24) is 9.88 Å². The van der Waals surface area contributed by atoms with Crippen LogP contribution in [0.15, 0.2) is 24.5 Å². The number of hydrogen-bond acceptors (Lipinski definition) is 3. The van der Waals surface area contributed by atoms with E-state index in [9.17, 15) is 4.79 Å². The van der Waals surface area contributed by atoms with Gasteiger partial charge in [0.2, 0.25) is 0 Å². The Labute approximate surface area is 102 Å². The van der Waals surface area contributed by atoms with E-state index in [0.29, 0.717) is 12.6 Å². The molecular formula is C13H18N2O2. The van der Waals surface area contributed by atoms with Crippen LogP contribution in [0.25, 0.3) is 0 Å². The van der Waals surface area contributed by atoms with Crippen LogP contribution in [0.3, 0.4) is 0 Å². The molecular weight excluding hydrogens is 216 g/mol. The topological polar surface area (TPSA) is 42.4 Å². The first-order valence-electron chi connectivity index (χ1n) is 5.94. The minimum Gasteiger partial charge on any atom is -0.372 e. The summed E-state index contributed by atoms with van der Waals surface area (Å²) in [7, 11) is 1.57. The molecule has 0 spiro atoms. The van der Waals surface area contributed by atoms with Crippen molar-refractivity contribution in [2.75, 3.05) is 7.11 Å². The molecule has 0 aromatic carbocycles. The van der Waals surface area contributed by atoms with Crippen LogP contribution < -0.4 is 0 Å². The van der Waals surface area contributed by atoms with E-state index in [0.717, 1.165) is 18.4 Å². The zero-order valence-corrected chi connectivity index (χ0v) is 10.3. The Morgan fingerprint density at radius 1 is 1.65 bits per heavy atom. The summed E-state index contributed by atoms with van der Waals surface area (Å²) < 4.78 is 5.10. The van der Waals surface area contributed by atoms with E-state index in [1.54, 1.807) is 26.4 Å². The van der Waals surface area contributed by atoms with Gasteiger partial charge < -0.3 is 9.64 Å². The lowest BCUT2D eigenvalue weighted by molar-refractivity contribution is -0.142. The highest BCUT2D eigenvalue weighted by atomic mass is 16.5. The number of nitrogens with zero attached hydrogens (tertiary/aromatic N) is 2. The van der Waals surface area contributed by atoms with E-state index in [1.165, 1.54) is 0 Å². The third kappa shape index (κ3) is 3.03. The summed E-state index contributed by atoms with van der Waals surface area (Å²) in [6.07, 6.45) is 5.38. The van der Waals surface area contributed by atoms with Crippen LogP contribution in [0.1, 0.15) is 25.3 Å². The molecule has 1 aliphatic carbocycles. The minimum atomic E-state index is -0.368. The van der Waals surface area contributed by atoms with Crippen LogP contribution in [0.4, 0.5) is 0 Å². The molecule has 1 aromatic heterocycles. The molecule has 0 saturated heterocycles. The molecule has 1 aliphatic rings. The summed E-state index contributed by atoms with van der Waals surface area (Å²) >= 11 is 0. The second kappa shape index (κ2) is 5.27. The summed E-state index contributed by atoms with van der Waals surface area (Å²) in [5.74, 6) is 0.0684. The predicted octanol–water partition coefficient (Wildman–Crippen LogP) is 1.61. The highest BCUT2D eigenvalue weighted by Crippen LogP contribution is 2.29. The fraction of sp³-hybridized carbons (Fsp3) is 0.538. The molecule has 1 heterocycles. The first-order chi connectivity index (χ1) is 8.22. The van der Waals surface area contributed by atoms with Crippen molar-refractivity contribution in [2.45, 2.75) is 38.5 Å². The van der Waals surface area contributed by atoms with Crippen molar-refractivity contribution in [2.24, 2.45) is 0 Å². The molecule has 4 nitrogen and oxygen atoms in total. The monoisotopic (exact) mass is 234 g/mol. The Bertz CT molecular complexity index is 376. The van der Waals surface area contributed by atoms with E-state index in [1.807, 2.05) is 17.0 Å². The first kappa shape index (κ1) is 12.0. The van der Waals surface area contributed by atoms with E-state index >= 15 is 0 Å². The minimum absolute atomic E-state index is 0.0684. The standard InChI is InChI=1S/C13H18N2O2/c1-10(17-2)13(16)15(12-5-6-12)9-11-4-3-7-14-8-11/h3-4,7-8,10,12H,5-6,9H2,1-2H3. The summed E-state index contributed by atoms with van der Waals surface area (Å²) in [5, 5.41) is 0. The molecule has 92 valence electrons. The third-order valence-corrected chi connectivity index (χ3v) is 3.05. The van der Waals surface area contributed by atoms with Gasteiger partial charge >= 0.3 is 0 Å². The lowest BCUT2D eigenvalue weighted by Crippen LogP contribution is -2.39. The summed E-state index contributed by atoms with van der Waals surface area (Å²) in [6, 6.07) is 4.28. The Hall–Kier alpha value is -1.42. The van der Waals surface area contributed by atoms with Gasteiger partial charge in [-0.25, -0.2) is 0 Å². The number of carbonyl (C=O) groups is 1. The number of hydrogen-bond donors (Lipinski definition) is 0. The number of pyridine rings is 1. The number of rotatable bonds is 5. The van der Waals surface area contributed by atoms with E-state index in [-0.39, 0.29) is 12.0 Å². The summed E-state index contributed by atoms with van der Waals surface area (Å²) in [5.41, 5.74) is 1.07. The van der Waals surface area contributed by atoms with Gasteiger partial charge in [-0.3, -0.25) is 9.78 Å². The predicted molar refractivity (Wildman–Crippen MR) is 64.3 cm³/mol. The Morgan fingerprint density at radius 2 is 2.41 bits per heavy atom. The van der Waals surface area contributed by atoms with Gasteiger partial charge in [0.15, 0.2) is 0 Å². The van der Waals surface area contributed by atoms with Crippen LogP contribution in [-0.4, -0.2) is 35.0 Å². The maximum Gasteiger partial charge on any atom is 0.251 e. The van der Waals surface area contributed by atoms with Crippen molar-refractivity contribution in [3.05, 3.63) is 30.1 Å². The quantitative estimate of drug-likeness (QED) is 0.777. The summed E-state index contributed by atoms with van der Waals surface area (Å²) in [6.45, 7) is 2.42. The fourth-order valence-electron chi connectivity index (χ4n) is 1.80. The largest absolute Gasteiger partial charge is 0.372 e. The normalized spacial score (nSPS) is 16.6. The van der Waals surface area contributed by atoms with Crippen molar-refractivity contribution in [3.63, 3.8) is 0 Å². The van der Waals surface area contributed by atoms with Crippen LogP contribution >= 0.6 is 0 Å². The van der Waals surface area contributed by atoms with Gasteiger partial charge in [-0.15, -0.1) is 0 Å². The second-order valence-electron chi connectivity index (χ2n) is 4.44.